The van der Waals surface area contributed by atoms with E-state index in [9.17, 15) is 9.59 Å². The quantitative estimate of drug-likeness (QED) is 0.614. The summed E-state index contributed by atoms with van der Waals surface area (Å²) in [4.78, 5) is 27.5. The zero-order valence-corrected chi connectivity index (χ0v) is 18.3. The molecule has 1 amide bonds. The molecule has 1 atom stereocenters. The third kappa shape index (κ3) is 3.21. The van der Waals surface area contributed by atoms with Gasteiger partial charge in [-0.2, -0.15) is 0 Å². The summed E-state index contributed by atoms with van der Waals surface area (Å²) in [6, 6.07) is 10.9. The number of anilines is 1. The molecule has 0 bridgehead atoms. The SMILES string of the molecule is COc1ccc(C2CC(=O)N(c3cccc(Br)c3)C3=C2C(=O)OC3)c(OC)c1OC. The van der Waals surface area contributed by atoms with Crippen LogP contribution in [0.5, 0.6) is 17.2 Å². The van der Waals surface area contributed by atoms with Crippen molar-refractivity contribution in [2.75, 3.05) is 32.8 Å². The van der Waals surface area contributed by atoms with Gasteiger partial charge in [-0.15, -0.1) is 0 Å². The van der Waals surface area contributed by atoms with Crippen molar-refractivity contribution in [1.29, 1.82) is 0 Å². The Labute approximate surface area is 182 Å². The molecule has 0 aromatic heterocycles. The second-order valence-corrected chi connectivity index (χ2v) is 7.74. The summed E-state index contributed by atoms with van der Waals surface area (Å²) in [7, 11) is 4.56. The van der Waals surface area contributed by atoms with E-state index in [4.69, 9.17) is 18.9 Å². The maximum absolute atomic E-state index is 13.2. The maximum atomic E-state index is 13.2. The number of esters is 1. The molecule has 156 valence electrons. The molecule has 2 heterocycles. The average molecular weight is 474 g/mol. The van der Waals surface area contributed by atoms with Crippen LogP contribution in [0.15, 0.2) is 52.1 Å². The molecule has 7 nitrogen and oxygen atoms in total. The van der Waals surface area contributed by atoms with Crippen molar-refractivity contribution in [3.8, 4) is 17.2 Å². The van der Waals surface area contributed by atoms with Gasteiger partial charge in [0.1, 0.15) is 6.61 Å². The van der Waals surface area contributed by atoms with Crippen molar-refractivity contribution < 1.29 is 28.5 Å². The lowest BCUT2D eigenvalue weighted by Gasteiger charge is -2.32. The van der Waals surface area contributed by atoms with Crippen molar-refractivity contribution in [2.45, 2.75) is 12.3 Å². The maximum Gasteiger partial charge on any atom is 0.336 e. The van der Waals surface area contributed by atoms with Gasteiger partial charge in [0, 0.05) is 28.1 Å². The number of amides is 1. The fraction of sp³-hybridized carbons (Fsp3) is 0.273. The van der Waals surface area contributed by atoms with E-state index in [0.29, 0.717) is 39.8 Å². The van der Waals surface area contributed by atoms with Crippen LogP contribution in [0.4, 0.5) is 5.69 Å². The number of halogens is 1. The predicted octanol–water partition coefficient (Wildman–Crippen LogP) is 3.81. The van der Waals surface area contributed by atoms with Crippen LogP contribution in [0.3, 0.4) is 0 Å². The first-order valence-corrected chi connectivity index (χ1v) is 10.1. The Bertz CT molecular complexity index is 1060. The zero-order chi connectivity index (χ0) is 21.4. The van der Waals surface area contributed by atoms with Crippen molar-refractivity contribution in [3.63, 3.8) is 0 Å². The molecule has 2 aliphatic heterocycles. The number of hydrogen-bond donors (Lipinski definition) is 0. The lowest BCUT2D eigenvalue weighted by molar-refractivity contribution is -0.136. The van der Waals surface area contributed by atoms with Gasteiger partial charge < -0.3 is 18.9 Å². The molecule has 2 aromatic rings. The van der Waals surface area contributed by atoms with Gasteiger partial charge in [-0.25, -0.2) is 4.79 Å². The smallest absolute Gasteiger partial charge is 0.336 e. The first-order chi connectivity index (χ1) is 14.5. The third-order valence-corrected chi connectivity index (χ3v) is 5.79. The number of rotatable bonds is 5. The first-order valence-electron chi connectivity index (χ1n) is 9.27. The minimum Gasteiger partial charge on any atom is -0.493 e. The van der Waals surface area contributed by atoms with Crippen LogP contribution in [0.25, 0.3) is 0 Å². The van der Waals surface area contributed by atoms with E-state index in [-0.39, 0.29) is 18.9 Å². The Balaban J connectivity index is 1.88. The Kier molecular flexibility index (Phi) is 5.42. The molecule has 0 saturated heterocycles. The second-order valence-electron chi connectivity index (χ2n) is 6.83. The summed E-state index contributed by atoms with van der Waals surface area (Å²) in [5.74, 6) is 0.260. The van der Waals surface area contributed by atoms with Gasteiger partial charge in [-0.05, 0) is 24.3 Å². The van der Waals surface area contributed by atoms with Crippen LogP contribution >= 0.6 is 15.9 Å². The van der Waals surface area contributed by atoms with E-state index in [1.807, 2.05) is 24.3 Å². The highest BCUT2D eigenvalue weighted by molar-refractivity contribution is 9.10. The Morgan fingerprint density at radius 2 is 1.80 bits per heavy atom. The fourth-order valence-electron chi connectivity index (χ4n) is 4.03. The normalized spacial score (nSPS) is 18.3. The van der Waals surface area contributed by atoms with Gasteiger partial charge in [0.05, 0.1) is 32.6 Å². The summed E-state index contributed by atoms with van der Waals surface area (Å²) < 4.78 is 22.6. The Morgan fingerprint density at radius 1 is 1.03 bits per heavy atom. The lowest BCUT2D eigenvalue weighted by Crippen LogP contribution is -2.37. The molecule has 2 aromatic carbocycles. The minimum atomic E-state index is -0.513. The molecular weight excluding hydrogens is 454 g/mol. The van der Waals surface area contributed by atoms with Gasteiger partial charge in [0.25, 0.3) is 0 Å². The molecule has 1 unspecified atom stereocenters. The predicted molar refractivity (Wildman–Crippen MR) is 113 cm³/mol. The van der Waals surface area contributed by atoms with E-state index < -0.39 is 11.9 Å². The number of carbonyl (C=O) groups excluding carboxylic acids is 2. The van der Waals surface area contributed by atoms with Crippen molar-refractivity contribution in [1.82, 2.24) is 0 Å². The fourth-order valence-corrected chi connectivity index (χ4v) is 4.42. The van der Waals surface area contributed by atoms with Crippen LogP contribution in [0.2, 0.25) is 0 Å². The van der Waals surface area contributed by atoms with Crippen molar-refractivity contribution in [2.24, 2.45) is 0 Å². The van der Waals surface area contributed by atoms with Gasteiger partial charge in [0.2, 0.25) is 11.7 Å². The highest BCUT2D eigenvalue weighted by Gasteiger charge is 2.44. The van der Waals surface area contributed by atoms with Crippen LogP contribution in [0.1, 0.15) is 17.9 Å². The summed E-state index contributed by atoms with van der Waals surface area (Å²) >= 11 is 3.44. The van der Waals surface area contributed by atoms with Crippen LogP contribution in [-0.4, -0.2) is 39.8 Å². The summed E-state index contributed by atoms with van der Waals surface area (Å²) in [5.41, 5.74) is 2.36. The minimum absolute atomic E-state index is 0.0402. The van der Waals surface area contributed by atoms with Crippen LogP contribution < -0.4 is 19.1 Å². The number of hydrogen-bond acceptors (Lipinski definition) is 6. The molecule has 0 fully saturated rings. The van der Waals surface area contributed by atoms with E-state index >= 15 is 0 Å². The number of benzene rings is 2. The van der Waals surface area contributed by atoms with E-state index in [1.165, 1.54) is 21.3 Å². The summed E-state index contributed by atoms with van der Waals surface area (Å²) in [6.45, 7) is 0.0402. The third-order valence-electron chi connectivity index (χ3n) is 5.29. The second kappa shape index (κ2) is 8.02. The molecular formula is C22H20BrNO6. The van der Waals surface area contributed by atoms with Crippen LogP contribution in [-0.2, 0) is 14.3 Å². The summed E-state index contributed by atoms with van der Waals surface area (Å²) in [5, 5.41) is 0. The molecule has 0 radical (unpaired) electrons. The molecule has 0 aliphatic carbocycles. The largest absolute Gasteiger partial charge is 0.493 e. The number of nitrogens with zero attached hydrogens (tertiary/aromatic N) is 1. The van der Waals surface area contributed by atoms with E-state index in [2.05, 4.69) is 15.9 Å². The molecule has 0 saturated carbocycles. The first kappa shape index (κ1) is 20.3. The molecule has 0 N–H and O–H groups in total. The van der Waals surface area contributed by atoms with Gasteiger partial charge >= 0.3 is 5.97 Å². The molecule has 30 heavy (non-hydrogen) atoms. The van der Waals surface area contributed by atoms with Gasteiger partial charge in [-0.1, -0.05) is 28.1 Å². The molecule has 0 spiro atoms. The van der Waals surface area contributed by atoms with Gasteiger partial charge in [0.15, 0.2) is 11.5 Å². The van der Waals surface area contributed by atoms with E-state index in [0.717, 1.165) is 4.47 Å². The highest BCUT2D eigenvalue weighted by atomic mass is 79.9. The number of carbonyl (C=O) groups is 2. The lowest BCUT2D eigenvalue weighted by atomic mass is 9.83. The van der Waals surface area contributed by atoms with E-state index in [1.54, 1.807) is 17.0 Å². The Morgan fingerprint density at radius 3 is 2.47 bits per heavy atom. The zero-order valence-electron chi connectivity index (χ0n) is 16.7. The summed E-state index contributed by atoms with van der Waals surface area (Å²) in [6.07, 6.45) is 0.0896. The van der Waals surface area contributed by atoms with Crippen molar-refractivity contribution in [3.05, 3.63) is 57.7 Å². The molecule has 2 aliphatic rings. The van der Waals surface area contributed by atoms with Gasteiger partial charge in [-0.3, -0.25) is 9.69 Å². The highest BCUT2D eigenvalue weighted by Crippen LogP contribution is 2.49. The molecule has 8 heteroatoms. The van der Waals surface area contributed by atoms with Crippen LogP contribution in [0, 0.1) is 0 Å². The molecule has 4 rings (SSSR count). The number of methoxy groups -OCH3 is 3. The monoisotopic (exact) mass is 473 g/mol. The standard InChI is InChI=1S/C22H20BrNO6/c1-27-17-8-7-14(20(28-2)21(17)29-3)15-10-18(25)24(13-6-4-5-12(23)9-13)16-11-30-22(26)19(15)16/h4-9,15H,10-11H2,1-3H3. The number of cyclic esters (lactones) is 1. The Hall–Kier alpha value is -3.00. The number of ether oxygens (including phenoxy) is 4. The average Bonchev–Trinajstić information content (AvgIpc) is 3.13. The topological polar surface area (TPSA) is 74.3 Å². The van der Waals surface area contributed by atoms with Crippen molar-refractivity contribution >= 4 is 33.5 Å².